The standard InChI is InChI=1S/C25H30N6O2/c1-3-33-22-11-5-4-9-18(22)24(32)31-16-8-10-21(31)23-19(17-29(2)28-23)20-12-13-26-25(27-20)30-14-6-7-15-30/h4-5,9,11-13,17,21H,3,6-8,10,14-16H2,1-2H3. The summed E-state index contributed by atoms with van der Waals surface area (Å²) in [5.74, 6) is 1.38. The van der Waals surface area contributed by atoms with E-state index in [1.54, 1.807) is 0 Å². The van der Waals surface area contributed by atoms with E-state index in [-0.39, 0.29) is 11.9 Å². The first-order valence-corrected chi connectivity index (χ1v) is 11.8. The number of aryl methyl sites for hydroxylation is 1. The largest absolute Gasteiger partial charge is 0.493 e. The molecule has 5 rings (SSSR count). The van der Waals surface area contributed by atoms with Crippen LogP contribution in [0.25, 0.3) is 11.3 Å². The van der Waals surface area contributed by atoms with E-state index in [2.05, 4.69) is 9.88 Å². The van der Waals surface area contributed by atoms with E-state index in [9.17, 15) is 4.79 Å². The minimum Gasteiger partial charge on any atom is -0.493 e. The zero-order valence-electron chi connectivity index (χ0n) is 19.3. The summed E-state index contributed by atoms with van der Waals surface area (Å²) in [7, 11) is 1.92. The van der Waals surface area contributed by atoms with E-state index in [0.29, 0.717) is 24.5 Å². The molecule has 2 saturated heterocycles. The number of rotatable bonds is 6. The van der Waals surface area contributed by atoms with Crippen LogP contribution in [0.1, 0.15) is 54.7 Å². The van der Waals surface area contributed by atoms with Crippen LogP contribution >= 0.6 is 0 Å². The van der Waals surface area contributed by atoms with Crippen molar-refractivity contribution in [1.29, 1.82) is 0 Å². The van der Waals surface area contributed by atoms with Gasteiger partial charge < -0.3 is 14.5 Å². The SMILES string of the molecule is CCOc1ccccc1C(=O)N1CCCC1c1nn(C)cc1-c1ccnc(N2CCCC2)n1. The number of amides is 1. The lowest BCUT2D eigenvalue weighted by Crippen LogP contribution is -2.31. The average molecular weight is 447 g/mol. The molecule has 0 saturated carbocycles. The summed E-state index contributed by atoms with van der Waals surface area (Å²) >= 11 is 0. The van der Waals surface area contributed by atoms with E-state index >= 15 is 0 Å². The van der Waals surface area contributed by atoms with E-state index in [0.717, 1.165) is 48.8 Å². The molecule has 2 aliphatic heterocycles. The second-order valence-corrected chi connectivity index (χ2v) is 8.62. The Kier molecular flexibility index (Phi) is 5.98. The number of hydrogen-bond acceptors (Lipinski definition) is 6. The number of carbonyl (C=O) groups excluding carboxylic acids is 1. The minimum absolute atomic E-state index is 0.0152. The van der Waals surface area contributed by atoms with Gasteiger partial charge in [0.1, 0.15) is 5.75 Å². The summed E-state index contributed by atoms with van der Waals surface area (Å²) in [6.45, 7) is 5.13. The summed E-state index contributed by atoms with van der Waals surface area (Å²) in [4.78, 5) is 27.1. The molecule has 8 heteroatoms. The molecule has 3 aromatic rings. The van der Waals surface area contributed by atoms with Gasteiger partial charge >= 0.3 is 0 Å². The Balaban J connectivity index is 1.48. The van der Waals surface area contributed by atoms with Gasteiger partial charge in [-0.25, -0.2) is 9.97 Å². The molecule has 2 aromatic heterocycles. The topological polar surface area (TPSA) is 76.4 Å². The van der Waals surface area contributed by atoms with Crippen LogP contribution in [0.4, 0.5) is 5.95 Å². The van der Waals surface area contributed by atoms with Gasteiger partial charge in [-0.1, -0.05) is 12.1 Å². The van der Waals surface area contributed by atoms with Crippen LogP contribution in [-0.2, 0) is 7.05 Å². The van der Waals surface area contributed by atoms with Crippen molar-refractivity contribution < 1.29 is 9.53 Å². The van der Waals surface area contributed by atoms with Crippen molar-refractivity contribution in [3.8, 4) is 17.0 Å². The van der Waals surface area contributed by atoms with Crippen LogP contribution in [0.15, 0.2) is 42.7 Å². The molecule has 4 heterocycles. The van der Waals surface area contributed by atoms with Crippen LogP contribution in [0.5, 0.6) is 5.75 Å². The molecule has 0 N–H and O–H groups in total. The molecule has 0 radical (unpaired) electrons. The van der Waals surface area contributed by atoms with Crippen molar-refractivity contribution in [3.63, 3.8) is 0 Å². The number of hydrogen-bond donors (Lipinski definition) is 0. The van der Waals surface area contributed by atoms with Gasteiger partial charge in [-0.2, -0.15) is 5.10 Å². The van der Waals surface area contributed by atoms with Crippen molar-refractivity contribution in [2.45, 2.75) is 38.6 Å². The van der Waals surface area contributed by atoms with Gasteiger partial charge in [0.05, 0.1) is 29.6 Å². The Hall–Kier alpha value is -3.42. The van der Waals surface area contributed by atoms with E-state index < -0.39 is 0 Å². The summed E-state index contributed by atoms with van der Waals surface area (Å²) in [5.41, 5.74) is 3.30. The maximum absolute atomic E-state index is 13.6. The van der Waals surface area contributed by atoms with Crippen LogP contribution in [-0.4, -0.2) is 56.8 Å². The molecule has 2 aliphatic rings. The molecular formula is C25H30N6O2. The highest BCUT2D eigenvalue weighted by Crippen LogP contribution is 2.38. The monoisotopic (exact) mass is 446 g/mol. The molecule has 33 heavy (non-hydrogen) atoms. The number of aromatic nitrogens is 4. The van der Waals surface area contributed by atoms with Crippen molar-refractivity contribution in [2.24, 2.45) is 7.05 Å². The predicted octanol–water partition coefficient (Wildman–Crippen LogP) is 3.85. The maximum Gasteiger partial charge on any atom is 0.258 e. The fourth-order valence-corrected chi connectivity index (χ4v) is 4.89. The van der Waals surface area contributed by atoms with E-state index in [1.165, 1.54) is 12.8 Å². The molecule has 1 atom stereocenters. The Bertz CT molecular complexity index is 1140. The van der Waals surface area contributed by atoms with Gasteiger partial charge in [-0.3, -0.25) is 9.48 Å². The number of anilines is 1. The van der Waals surface area contributed by atoms with Crippen LogP contribution < -0.4 is 9.64 Å². The second-order valence-electron chi connectivity index (χ2n) is 8.62. The fraction of sp³-hybridized carbons (Fsp3) is 0.440. The normalized spacial score (nSPS) is 18.2. The van der Waals surface area contributed by atoms with Gasteiger partial charge in [0.15, 0.2) is 0 Å². The molecule has 0 spiro atoms. The molecular weight excluding hydrogens is 416 g/mol. The molecule has 1 aromatic carbocycles. The van der Waals surface area contributed by atoms with Crippen molar-refractivity contribution in [1.82, 2.24) is 24.6 Å². The third kappa shape index (κ3) is 4.17. The highest BCUT2D eigenvalue weighted by atomic mass is 16.5. The third-order valence-electron chi connectivity index (χ3n) is 6.41. The van der Waals surface area contributed by atoms with Crippen LogP contribution in [0.3, 0.4) is 0 Å². The smallest absolute Gasteiger partial charge is 0.258 e. The Labute approximate surface area is 194 Å². The van der Waals surface area contributed by atoms with Crippen LogP contribution in [0, 0.1) is 0 Å². The first kappa shape index (κ1) is 21.4. The first-order valence-electron chi connectivity index (χ1n) is 11.8. The first-order chi connectivity index (χ1) is 16.2. The Morgan fingerprint density at radius 1 is 1.12 bits per heavy atom. The number of para-hydroxylation sites is 1. The lowest BCUT2D eigenvalue weighted by atomic mass is 10.0. The molecule has 0 bridgehead atoms. The maximum atomic E-state index is 13.6. The van der Waals surface area contributed by atoms with Crippen LogP contribution in [0.2, 0.25) is 0 Å². The van der Waals surface area contributed by atoms with Crippen molar-refractivity contribution >= 4 is 11.9 Å². The highest BCUT2D eigenvalue weighted by Gasteiger charge is 2.35. The molecule has 2 fully saturated rings. The quantitative estimate of drug-likeness (QED) is 0.572. The fourth-order valence-electron chi connectivity index (χ4n) is 4.89. The second kappa shape index (κ2) is 9.21. The van der Waals surface area contributed by atoms with Crippen molar-refractivity contribution in [3.05, 3.63) is 54.0 Å². The number of ether oxygens (including phenoxy) is 1. The number of likely N-dealkylation sites (tertiary alicyclic amines) is 1. The lowest BCUT2D eigenvalue weighted by molar-refractivity contribution is 0.0728. The molecule has 0 aliphatic carbocycles. The van der Waals surface area contributed by atoms with Gasteiger partial charge in [-0.05, 0) is 50.8 Å². The molecule has 172 valence electrons. The van der Waals surface area contributed by atoms with Gasteiger partial charge in [0, 0.05) is 44.6 Å². The average Bonchev–Trinajstić information content (AvgIpc) is 3.60. The number of nitrogens with zero attached hydrogens (tertiary/aromatic N) is 6. The molecule has 8 nitrogen and oxygen atoms in total. The minimum atomic E-state index is -0.103. The molecule has 1 amide bonds. The molecule has 1 unspecified atom stereocenters. The summed E-state index contributed by atoms with van der Waals surface area (Å²) in [6.07, 6.45) is 7.98. The summed E-state index contributed by atoms with van der Waals surface area (Å²) in [6, 6.07) is 9.31. The number of benzene rings is 1. The number of carbonyl (C=O) groups is 1. The predicted molar refractivity (Wildman–Crippen MR) is 126 cm³/mol. The van der Waals surface area contributed by atoms with Gasteiger partial charge in [0.2, 0.25) is 5.95 Å². The Morgan fingerprint density at radius 3 is 2.76 bits per heavy atom. The highest BCUT2D eigenvalue weighted by molar-refractivity contribution is 5.97. The van der Waals surface area contributed by atoms with Gasteiger partial charge in [0.25, 0.3) is 5.91 Å². The van der Waals surface area contributed by atoms with E-state index in [1.807, 2.05) is 66.3 Å². The zero-order chi connectivity index (χ0) is 22.8. The zero-order valence-corrected chi connectivity index (χ0v) is 19.3. The Morgan fingerprint density at radius 2 is 1.94 bits per heavy atom. The lowest BCUT2D eigenvalue weighted by Gasteiger charge is -2.25. The summed E-state index contributed by atoms with van der Waals surface area (Å²) in [5, 5.41) is 4.80. The third-order valence-corrected chi connectivity index (χ3v) is 6.41. The van der Waals surface area contributed by atoms with E-state index in [4.69, 9.17) is 14.8 Å². The van der Waals surface area contributed by atoms with Crippen molar-refractivity contribution in [2.75, 3.05) is 31.1 Å². The summed E-state index contributed by atoms with van der Waals surface area (Å²) < 4.78 is 7.55. The van der Waals surface area contributed by atoms with Gasteiger partial charge in [-0.15, -0.1) is 0 Å².